The van der Waals surface area contributed by atoms with E-state index in [1.807, 2.05) is 11.8 Å². The second kappa shape index (κ2) is 6.77. The highest BCUT2D eigenvalue weighted by Crippen LogP contribution is 2.38. The van der Waals surface area contributed by atoms with Crippen molar-refractivity contribution < 1.29 is 9.35 Å². The van der Waals surface area contributed by atoms with Gasteiger partial charge in [-0.15, -0.1) is 11.8 Å². The number of hydrogen-bond donors (Lipinski definition) is 2. The molecule has 0 aliphatic heterocycles. The molecule has 0 bridgehead atoms. The van der Waals surface area contributed by atoms with Gasteiger partial charge >= 0.3 is 0 Å². The summed E-state index contributed by atoms with van der Waals surface area (Å²) < 4.78 is 8.62. The third-order valence-electron chi connectivity index (χ3n) is 1.68. The summed E-state index contributed by atoms with van der Waals surface area (Å²) in [5.41, 5.74) is 0. The number of nitrogens with one attached hydrogen (secondary N) is 1. The first-order valence-electron chi connectivity index (χ1n) is 5.39. The van der Waals surface area contributed by atoms with E-state index in [9.17, 15) is 4.79 Å². The predicted molar refractivity (Wildman–Crippen MR) is 74.1 cm³/mol. The van der Waals surface area contributed by atoms with Gasteiger partial charge in [0.1, 0.15) is 0 Å². The molecule has 0 aromatic rings. The Balaban J connectivity index is 4.00. The van der Waals surface area contributed by atoms with Crippen LogP contribution in [0.25, 0.3) is 0 Å². The third-order valence-corrected chi connectivity index (χ3v) is 3.38. The zero-order valence-corrected chi connectivity index (χ0v) is 12.4. The van der Waals surface area contributed by atoms with E-state index in [4.69, 9.17) is 4.55 Å². The Hall–Kier alpha value is 0.130. The van der Waals surface area contributed by atoms with Crippen molar-refractivity contribution in [2.75, 3.05) is 12.3 Å². The molecule has 0 heterocycles. The Labute approximate surface area is 107 Å². The van der Waals surface area contributed by atoms with Crippen molar-refractivity contribution in [2.24, 2.45) is 0 Å². The molecule has 0 saturated heterocycles. The SMILES string of the molecule is CC(C)(C)SC(C)(C)CC(=O)NCCSO. The average molecular weight is 265 g/mol. The lowest BCUT2D eigenvalue weighted by molar-refractivity contribution is -0.121. The monoisotopic (exact) mass is 265 g/mol. The Morgan fingerprint density at radius 2 is 1.81 bits per heavy atom. The number of hydrogen-bond acceptors (Lipinski definition) is 4. The third kappa shape index (κ3) is 9.36. The molecule has 16 heavy (non-hydrogen) atoms. The summed E-state index contributed by atoms with van der Waals surface area (Å²) in [6.45, 7) is 11.2. The molecule has 2 N–H and O–H groups in total. The molecule has 0 spiro atoms. The molecule has 96 valence electrons. The van der Waals surface area contributed by atoms with Gasteiger partial charge in [0, 0.05) is 28.2 Å². The smallest absolute Gasteiger partial charge is 0.221 e. The molecule has 3 nitrogen and oxygen atoms in total. The van der Waals surface area contributed by atoms with Crippen LogP contribution in [0.1, 0.15) is 41.0 Å². The van der Waals surface area contributed by atoms with Crippen LogP contribution in [0.2, 0.25) is 0 Å². The van der Waals surface area contributed by atoms with Crippen LogP contribution in [0.15, 0.2) is 0 Å². The summed E-state index contributed by atoms with van der Waals surface area (Å²) in [6, 6.07) is 0. The summed E-state index contributed by atoms with van der Waals surface area (Å²) >= 11 is 2.56. The lowest BCUT2D eigenvalue weighted by atomic mass is 10.1. The minimum Gasteiger partial charge on any atom is -0.355 e. The van der Waals surface area contributed by atoms with Gasteiger partial charge in [0.25, 0.3) is 0 Å². The molecule has 0 unspecified atom stereocenters. The summed E-state index contributed by atoms with van der Waals surface area (Å²) in [5, 5.41) is 2.79. The van der Waals surface area contributed by atoms with Crippen molar-refractivity contribution >= 4 is 29.7 Å². The standard InChI is InChI=1S/C11H23NO2S2/c1-10(2,3)16-11(4,5)8-9(13)12-6-7-15-14/h14H,6-8H2,1-5H3,(H,12,13). The van der Waals surface area contributed by atoms with Crippen molar-refractivity contribution in [1.29, 1.82) is 0 Å². The van der Waals surface area contributed by atoms with Crippen LogP contribution in [0.3, 0.4) is 0 Å². The van der Waals surface area contributed by atoms with Gasteiger partial charge in [0.15, 0.2) is 0 Å². The molecule has 1 amide bonds. The maximum atomic E-state index is 11.6. The van der Waals surface area contributed by atoms with E-state index in [0.29, 0.717) is 18.7 Å². The zero-order chi connectivity index (χ0) is 12.8. The number of rotatable bonds is 6. The fourth-order valence-corrected chi connectivity index (χ4v) is 3.60. The highest BCUT2D eigenvalue weighted by molar-refractivity contribution is 8.01. The topological polar surface area (TPSA) is 49.3 Å². The molecule has 5 heteroatoms. The number of amides is 1. The minimum atomic E-state index is -0.0608. The summed E-state index contributed by atoms with van der Waals surface area (Å²) in [5.74, 6) is 0.592. The summed E-state index contributed by atoms with van der Waals surface area (Å²) in [4.78, 5) is 11.6. The molecule has 0 aromatic carbocycles. The molecule has 0 atom stereocenters. The van der Waals surface area contributed by atoms with Crippen LogP contribution < -0.4 is 5.32 Å². The van der Waals surface area contributed by atoms with Gasteiger partial charge in [-0.25, -0.2) is 0 Å². The van der Waals surface area contributed by atoms with E-state index in [-0.39, 0.29) is 15.4 Å². The molecular formula is C11H23NO2S2. The second-order valence-electron chi connectivity index (χ2n) is 5.33. The van der Waals surface area contributed by atoms with Gasteiger partial charge in [-0.05, 0) is 12.0 Å². The Kier molecular flexibility index (Phi) is 6.82. The fraction of sp³-hybridized carbons (Fsp3) is 0.909. The molecule has 0 aliphatic carbocycles. The molecule has 0 rings (SSSR count). The number of thioether (sulfide) groups is 1. The van der Waals surface area contributed by atoms with Crippen LogP contribution in [-0.4, -0.2) is 32.3 Å². The Morgan fingerprint density at radius 1 is 1.25 bits per heavy atom. The largest absolute Gasteiger partial charge is 0.355 e. The van der Waals surface area contributed by atoms with Crippen LogP contribution >= 0.6 is 23.8 Å². The summed E-state index contributed by atoms with van der Waals surface area (Å²) in [7, 11) is 0. The highest BCUT2D eigenvalue weighted by Gasteiger charge is 2.28. The molecule has 0 aromatic heterocycles. The van der Waals surface area contributed by atoms with Crippen LogP contribution in [0.5, 0.6) is 0 Å². The first-order valence-corrected chi connectivity index (χ1v) is 7.15. The van der Waals surface area contributed by atoms with Crippen molar-refractivity contribution in [1.82, 2.24) is 5.32 Å². The zero-order valence-electron chi connectivity index (χ0n) is 10.8. The van der Waals surface area contributed by atoms with Crippen molar-refractivity contribution in [3.8, 4) is 0 Å². The predicted octanol–water partition coefficient (Wildman–Crippen LogP) is 3.01. The molecule has 0 saturated carbocycles. The molecule has 0 aliphatic rings. The van der Waals surface area contributed by atoms with E-state index < -0.39 is 0 Å². The van der Waals surface area contributed by atoms with Crippen LogP contribution in [0, 0.1) is 0 Å². The highest BCUT2D eigenvalue weighted by atomic mass is 32.2. The maximum absolute atomic E-state index is 11.6. The van der Waals surface area contributed by atoms with Gasteiger partial charge in [0.2, 0.25) is 5.91 Å². The van der Waals surface area contributed by atoms with Crippen molar-refractivity contribution in [2.45, 2.75) is 50.5 Å². The van der Waals surface area contributed by atoms with Gasteiger partial charge in [-0.3, -0.25) is 4.79 Å². The first-order chi connectivity index (χ1) is 7.16. The van der Waals surface area contributed by atoms with Crippen molar-refractivity contribution in [3.05, 3.63) is 0 Å². The average Bonchev–Trinajstić information content (AvgIpc) is 1.98. The quantitative estimate of drug-likeness (QED) is 0.572. The van der Waals surface area contributed by atoms with Crippen LogP contribution in [-0.2, 0) is 4.79 Å². The first kappa shape index (κ1) is 16.1. The van der Waals surface area contributed by atoms with E-state index >= 15 is 0 Å². The molecule has 0 radical (unpaired) electrons. The Morgan fingerprint density at radius 3 is 2.25 bits per heavy atom. The van der Waals surface area contributed by atoms with Gasteiger partial charge in [0.05, 0.1) is 0 Å². The van der Waals surface area contributed by atoms with E-state index in [0.717, 1.165) is 12.0 Å². The van der Waals surface area contributed by atoms with Crippen molar-refractivity contribution in [3.63, 3.8) is 0 Å². The van der Waals surface area contributed by atoms with E-state index in [2.05, 4.69) is 39.9 Å². The maximum Gasteiger partial charge on any atom is 0.221 e. The van der Waals surface area contributed by atoms with Crippen LogP contribution in [0.4, 0.5) is 0 Å². The lowest BCUT2D eigenvalue weighted by Gasteiger charge is -2.31. The second-order valence-corrected chi connectivity index (χ2v) is 8.53. The summed E-state index contributed by atoms with van der Waals surface area (Å²) in [6.07, 6.45) is 0.505. The molecular weight excluding hydrogens is 242 g/mol. The molecule has 0 fully saturated rings. The number of carbonyl (C=O) groups excluding carboxylic acids is 1. The van der Waals surface area contributed by atoms with E-state index in [1.54, 1.807) is 0 Å². The van der Waals surface area contributed by atoms with Gasteiger partial charge in [-0.2, -0.15) is 0 Å². The number of carbonyl (C=O) groups is 1. The van der Waals surface area contributed by atoms with E-state index in [1.165, 1.54) is 0 Å². The Bertz CT molecular complexity index is 225. The van der Waals surface area contributed by atoms with Gasteiger partial charge < -0.3 is 9.87 Å². The van der Waals surface area contributed by atoms with Gasteiger partial charge in [-0.1, -0.05) is 34.6 Å². The normalized spacial score (nSPS) is 12.6. The minimum absolute atomic E-state index is 0.0517. The fourth-order valence-electron chi connectivity index (χ4n) is 1.55. The lowest BCUT2D eigenvalue weighted by Crippen LogP contribution is -2.34.